The van der Waals surface area contributed by atoms with Gasteiger partial charge in [0.05, 0.1) is 0 Å². The van der Waals surface area contributed by atoms with Crippen LogP contribution in [-0.4, -0.2) is 41.6 Å². The lowest BCUT2D eigenvalue weighted by Gasteiger charge is -2.10. The smallest absolute Gasteiger partial charge is 0.265 e. The summed E-state index contributed by atoms with van der Waals surface area (Å²) in [6, 6.07) is 0. The highest BCUT2D eigenvalue weighted by Gasteiger charge is 2.18. The normalized spacial score (nSPS) is 10.2. The number of nitrogens with one attached hydrogen (secondary N) is 4. The van der Waals surface area contributed by atoms with Crippen LogP contribution in [0.25, 0.3) is 0 Å². The molecular weight excluding hydrogens is 360 g/mol. The van der Waals surface area contributed by atoms with Gasteiger partial charge in [-0.05, 0) is 38.3 Å². The Morgan fingerprint density at radius 3 is 1.54 bits per heavy atom. The summed E-state index contributed by atoms with van der Waals surface area (Å²) in [7, 11) is 0. The molecule has 0 fully saturated rings. The number of carbonyl (C=O) groups is 2. The van der Waals surface area contributed by atoms with Gasteiger partial charge in [-0.3, -0.25) is 29.4 Å². The topological polar surface area (TPSA) is 160 Å². The van der Waals surface area contributed by atoms with Gasteiger partial charge < -0.3 is 0 Å². The van der Waals surface area contributed by atoms with Crippen molar-refractivity contribution in [2.24, 2.45) is 0 Å². The summed E-state index contributed by atoms with van der Waals surface area (Å²) in [4.78, 5) is 47.5. The Kier molecular flexibility index (Phi) is 4.79. The highest BCUT2D eigenvalue weighted by Crippen LogP contribution is 1.85. The predicted molar refractivity (Wildman–Crippen MR) is 85.6 cm³/mol. The first-order valence-corrected chi connectivity index (χ1v) is 7.03. The van der Waals surface area contributed by atoms with Crippen molar-refractivity contribution in [2.45, 2.75) is 13.8 Å². The molecule has 2 amide bonds. The number of nitrogens with zero attached hydrogens (tertiary/aromatic N) is 4. The van der Waals surface area contributed by atoms with Crippen molar-refractivity contribution in [2.75, 3.05) is 10.9 Å². The maximum Gasteiger partial charge on any atom is 0.330 e. The zero-order chi connectivity index (χ0) is 18.0. The minimum atomic E-state index is -1.25. The van der Waals surface area contributed by atoms with E-state index in [2.05, 4.69) is 20.4 Å². The van der Waals surface area contributed by atoms with Crippen molar-refractivity contribution in [3.63, 3.8) is 0 Å². The van der Waals surface area contributed by atoms with Crippen LogP contribution in [0.3, 0.4) is 0 Å². The summed E-state index contributed by atoms with van der Waals surface area (Å²) in [5, 5.41) is 11.9. The van der Waals surface area contributed by atoms with Crippen LogP contribution in [0.15, 0.2) is 9.59 Å². The van der Waals surface area contributed by atoms with Crippen molar-refractivity contribution >= 4 is 36.3 Å². The summed E-state index contributed by atoms with van der Waals surface area (Å²) >= 11 is 9.61. The molecular formula is C10H10N8O4S2. The van der Waals surface area contributed by atoms with Gasteiger partial charge in [0.25, 0.3) is 11.1 Å². The second-order valence-electron chi connectivity index (χ2n) is 4.39. The molecule has 0 aliphatic rings. The van der Waals surface area contributed by atoms with Crippen molar-refractivity contribution in [1.29, 1.82) is 0 Å². The molecule has 2 rings (SSSR count). The Hall–Kier alpha value is -3.00. The van der Waals surface area contributed by atoms with Gasteiger partial charge in [-0.2, -0.15) is 19.5 Å². The molecule has 126 valence electrons. The van der Waals surface area contributed by atoms with Gasteiger partial charge >= 0.3 is 11.8 Å². The molecule has 0 unspecified atom stereocenters. The van der Waals surface area contributed by atoms with E-state index in [4.69, 9.17) is 24.4 Å². The average molecular weight is 370 g/mol. The first-order chi connectivity index (χ1) is 11.2. The molecule has 2 aromatic heterocycles. The van der Waals surface area contributed by atoms with Crippen LogP contribution in [0.2, 0.25) is 0 Å². The molecule has 24 heavy (non-hydrogen) atoms. The Balaban J connectivity index is 2.29. The molecule has 0 saturated carbocycles. The first kappa shape index (κ1) is 17.4. The predicted octanol–water partition coefficient (Wildman–Crippen LogP) is -1.63. The second-order valence-corrected chi connectivity index (χ2v) is 5.16. The number of aromatic amines is 2. The van der Waals surface area contributed by atoms with Crippen molar-refractivity contribution in [1.82, 2.24) is 29.7 Å². The third-order valence-corrected chi connectivity index (χ3v) is 3.25. The number of amides is 2. The third-order valence-electron chi connectivity index (χ3n) is 2.70. The zero-order valence-electron chi connectivity index (χ0n) is 12.2. The fourth-order valence-corrected chi connectivity index (χ4v) is 1.82. The Labute approximate surface area is 142 Å². The van der Waals surface area contributed by atoms with Gasteiger partial charge in [0.2, 0.25) is 9.54 Å². The van der Waals surface area contributed by atoms with Crippen LogP contribution in [0, 0.1) is 23.4 Å². The maximum atomic E-state index is 11.9. The fraction of sp³-hybridized carbons (Fsp3) is 0.200. The van der Waals surface area contributed by atoms with Crippen LogP contribution >= 0.6 is 24.4 Å². The van der Waals surface area contributed by atoms with E-state index in [9.17, 15) is 19.2 Å². The van der Waals surface area contributed by atoms with E-state index in [-0.39, 0.29) is 20.9 Å². The van der Waals surface area contributed by atoms with Gasteiger partial charge in [-0.1, -0.05) is 0 Å². The molecule has 12 nitrogen and oxygen atoms in total. The fourth-order valence-electron chi connectivity index (χ4n) is 1.47. The first-order valence-electron chi connectivity index (χ1n) is 6.21. The molecule has 0 aromatic carbocycles. The van der Waals surface area contributed by atoms with Crippen LogP contribution < -0.4 is 22.0 Å². The van der Waals surface area contributed by atoms with Crippen LogP contribution in [0.5, 0.6) is 0 Å². The summed E-state index contributed by atoms with van der Waals surface area (Å²) in [5.74, 6) is -2.50. The zero-order valence-corrected chi connectivity index (χ0v) is 13.9. The number of hydrogen-bond donors (Lipinski definition) is 4. The van der Waals surface area contributed by atoms with E-state index in [0.29, 0.717) is 9.35 Å². The molecule has 0 spiro atoms. The average Bonchev–Trinajstić information content (AvgIpc) is 2.55. The second kappa shape index (κ2) is 6.63. The lowest BCUT2D eigenvalue weighted by molar-refractivity contribution is -0.134. The Morgan fingerprint density at radius 2 is 1.21 bits per heavy atom. The standard InChI is InChI=1S/C10H10N8O4S2/c1-3-7(21)17(9(23)13-11-3)15-5(19)6(20)16-18-8(22)4(2)12-14-10(18)24/h1-2H3,(H,13,23)(H,14,24)(H,15,19)(H,16,20). The number of hydrogen-bond acceptors (Lipinski definition) is 8. The molecule has 0 bridgehead atoms. The van der Waals surface area contributed by atoms with Gasteiger partial charge in [0.15, 0.2) is 0 Å². The number of aromatic nitrogens is 6. The molecule has 0 aliphatic carbocycles. The lowest BCUT2D eigenvalue weighted by atomic mass is 10.5. The quantitative estimate of drug-likeness (QED) is 0.362. The van der Waals surface area contributed by atoms with E-state index in [1.807, 2.05) is 10.9 Å². The molecule has 2 heterocycles. The third kappa shape index (κ3) is 3.33. The number of aryl methyl sites for hydroxylation is 2. The molecule has 4 N–H and O–H groups in total. The van der Waals surface area contributed by atoms with Crippen molar-refractivity contribution in [3.05, 3.63) is 41.6 Å². The Bertz CT molecular complexity index is 976. The molecule has 2 aromatic rings. The van der Waals surface area contributed by atoms with Gasteiger partial charge in [-0.25, -0.2) is 10.9 Å². The summed E-state index contributed by atoms with van der Waals surface area (Å²) in [6.45, 7) is 2.77. The van der Waals surface area contributed by atoms with Crippen LogP contribution in [0.1, 0.15) is 11.4 Å². The number of H-pyrrole nitrogens is 2. The van der Waals surface area contributed by atoms with Crippen LogP contribution in [0.4, 0.5) is 0 Å². The summed E-state index contributed by atoms with van der Waals surface area (Å²) < 4.78 is 0.837. The van der Waals surface area contributed by atoms with E-state index in [1.165, 1.54) is 13.8 Å². The maximum absolute atomic E-state index is 11.9. The largest absolute Gasteiger partial charge is 0.330 e. The van der Waals surface area contributed by atoms with E-state index in [0.717, 1.165) is 0 Å². The highest BCUT2D eigenvalue weighted by atomic mass is 32.1. The summed E-state index contributed by atoms with van der Waals surface area (Å²) in [5.41, 5.74) is 2.61. The van der Waals surface area contributed by atoms with Crippen LogP contribution in [-0.2, 0) is 9.59 Å². The Morgan fingerprint density at radius 1 is 0.875 bits per heavy atom. The van der Waals surface area contributed by atoms with Gasteiger partial charge in [0.1, 0.15) is 11.4 Å². The minimum absolute atomic E-state index is 0.0210. The minimum Gasteiger partial charge on any atom is -0.265 e. The van der Waals surface area contributed by atoms with Crippen molar-refractivity contribution in [3.8, 4) is 0 Å². The number of carbonyl (C=O) groups excluding carboxylic acids is 2. The molecule has 0 radical (unpaired) electrons. The monoisotopic (exact) mass is 370 g/mol. The van der Waals surface area contributed by atoms with E-state index in [1.54, 1.807) is 0 Å². The van der Waals surface area contributed by atoms with Gasteiger partial charge in [-0.15, -0.1) is 0 Å². The molecule has 0 atom stereocenters. The SMILES string of the molecule is Cc1n[nH]c(=S)n(NC(=O)C(=O)Nn2c(=S)[nH]nc(C)c2=O)c1=O. The lowest BCUT2D eigenvalue weighted by Crippen LogP contribution is -2.45. The van der Waals surface area contributed by atoms with E-state index < -0.39 is 22.9 Å². The molecule has 14 heteroatoms. The summed E-state index contributed by atoms with van der Waals surface area (Å²) in [6.07, 6.45) is 0. The van der Waals surface area contributed by atoms with Crippen molar-refractivity contribution < 1.29 is 9.59 Å². The molecule has 0 aliphatic heterocycles. The highest BCUT2D eigenvalue weighted by molar-refractivity contribution is 7.71. The van der Waals surface area contributed by atoms with Gasteiger partial charge in [0, 0.05) is 0 Å². The van der Waals surface area contributed by atoms with E-state index >= 15 is 0 Å². The number of rotatable bonds is 2. The molecule has 0 saturated heterocycles.